The maximum atomic E-state index is 12.0. The van der Waals surface area contributed by atoms with Gasteiger partial charge in [-0.3, -0.25) is 0 Å². The van der Waals surface area contributed by atoms with Gasteiger partial charge in [0.2, 0.25) is 0 Å². The van der Waals surface area contributed by atoms with Gasteiger partial charge in [-0.1, -0.05) is 23.7 Å². The van der Waals surface area contributed by atoms with Gasteiger partial charge in [0.05, 0.1) is 6.04 Å². The third-order valence-electron chi connectivity index (χ3n) is 3.81. The molecule has 0 aliphatic carbocycles. The average molecular weight is 359 g/mol. The fourth-order valence-electron chi connectivity index (χ4n) is 2.50. The van der Waals surface area contributed by atoms with Gasteiger partial charge in [0.1, 0.15) is 6.61 Å². The van der Waals surface area contributed by atoms with Gasteiger partial charge in [-0.2, -0.15) is 0 Å². The van der Waals surface area contributed by atoms with E-state index >= 15 is 0 Å². The third-order valence-corrected chi connectivity index (χ3v) is 4.07. The zero-order chi connectivity index (χ0) is 17.6. The maximum absolute atomic E-state index is 12.0. The number of hydrogen-bond donors (Lipinski definition) is 3. The van der Waals surface area contributed by atoms with Gasteiger partial charge < -0.3 is 21.1 Å². The first-order valence-electron chi connectivity index (χ1n) is 7.97. The number of hydrogen-bond acceptors (Lipinski definition) is 4. The van der Waals surface area contributed by atoms with Crippen LogP contribution >= 0.6 is 11.6 Å². The number of carbonyl (C=O) groups excluding carboxylic acids is 1. The molecule has 1 aliphatic rings. The van der Waals surface area contributed by atoms with Crippen molar-refractivity contribution in [3.63, 3.8) is 0 Å². The molecule has 0 saturated carbocycles. The van der Waals surface area contributed by atoms with Crippen LogP contribution in [0.1, 0.15) is 12.0 Å². The Kier molecular flexibility index (Phi) is 5.40. The lowest BCUT2D eigenvalue weighted by atomic mass is 10.1. The van der Waals surface area contributed by atoms with E-state index in [2.05, 4.69) is 15.6 Å². The number of aliphatic imine (C=N–C) groups is 1. The van der Waals surface area contributed by atoms with E-state index in [9.17, 15) is 4.79 Å². The molecule has 0 fully saturated rings. The number of amidine groups is 1. The summed E-state index contributed by atoms with van der Waals surface area (Å²) in [5, 5.41) is 6.17. The second kappa shape index (κ2) is 7.90. The van der Waals surface area contributed by atoms with Crippen LogP contribution in [0.4, 0.5) is 16.2 Å². The SMILES string of the molecule is NC1=NC(CCc2ccc(NC(=O)Nc3ccc(Cl)cc3)cc2)CO1. The molecule has 2 amide bonds. The van der Waals surface area contributed by atoms with Gasteiger partial charge in [-0.25, -0.2) is 9.79 Å². The van der Waals surface area contributed by atoms with Crippen LogP contribution in [0.2, 0.25) is 5.02 Å². The van der Waals surface area contributed by atoms with E-state index in [1.165, 1.54) is 5.56 Å². The summed E-state index contributed by atoms with van der Waals surface area (Å²) < 4.78 is 5.14. The number of aryl methyl sites for hydroxylation is 1. The first-order valence-corrected chi connectivity index (χ1v) is 8.35. The highest BCUT2D eigenvalue weighted by atomic mass is 35.5. The van der Waals surface area contributed by atoms with Crippen LogP contribution in [0.3, 0.4) is 0 Å². The molecule has 0 spiro atoms. The lowest BCUT2D eigenvalue weighted by Crippen LogP contribution is -2.19. The van der Waals surface area contributed by atoms with Crippen LogP contribution in [0, 0.1) is 0 Å². The van der Waals surface area contributed by atoms with E-state index < -0.39 is 0 Å². The van der Waals surface area contributed by atoms with E-state index in [1.807, 2.05) is 24.3 Å². The zero-order valence-electron chi connectivity index (χ0n) is 13.5. The number of carbonyl (C=O) groups is 1. The van der Waals surface area contributed by atoms with Crippen LogP contribution in [0.15, 0.2) is 53.5 Å². The summed E-state index contributed by atoms with van der Waals surface area (Å²) in [6.07, 6.45) is 1.76. The molecule has 4 N–H and O–H groups in total. The van der Waals surface area contributed by atoms with Crippen LogP contribution in [-0.4, -0.2) is 24.7 Å². The number of nitrogens with two attached hydrogens (primary N) is 1. The molecule has 0 bridgehead atoms. The Hall–Kier alpha value is -2.73. The Morgan fingerprint density at radius 1 is 1.12 bits per heavy atom. The van der Waals surface area contributed by atoms with Crippen molar-refractivity contribution in [2.45, 2.75) is 18.9 Å². The van der Waals surface area contributed by atoms with Crippen LogP contribution in [0.25, 0.3) is 0 Å². The molecule has 1 aliphatic heterocycles. The molecule has 0 saturated heterocycles. The van der Waals surface area contributed by atoms with Crippen molar-refractivity contribution in [2.75, 3.05) is 17.2 Å². The van der Waals surface area contributed by atoms with E-state index in [-0.39, 0.29) is 18.1 Å². The monoisotopic (exact) mass is 358 g/mol. The Morgan fingerprint density at radius 2 is 1.72 bits per heavy atom. The Morgan fingerprint density at radius 3 is 2.28 bits per heavy atom. The number of ether oxygens (including phenoxy) is 1. The normalized spacial score (nSPS) is 16.0. The van der Waals surface area contributed by atoms with Crippen LogP contribution in [0.5, 0.6) is 0 Å². The number of rotatable bonds is 5. The number of nitrogens with zero attached hydrogens (tertiary/aromatic N) is 1. The van der Waals surface area contributed by atoms with Crippen molar-refractivity contribution in [3.8, 4) is 0 Å². The lowest BCUT2D eigenvalue weighted by molar-refractivity contribution is 0.262. The van der Waals surface area contributed by atoms with Crippen molar-refractivity contribution >= 4 is 35.0 Å². The maximum Gasteiger partial charge on any atom is 0.323 e. The minimum atomic E-state index is -0.303. The molecule has 0 radical (unpaired) electrons. The molecule has 1 atom stereocenters. The quantitative estimate of drug-likeness (QED) is 0.762. The molecule has 7 heteroatoms. The van der Waals surface area contributed by atoms with E-state index in [4.69, 9.17) is 22.1 Å². The number of halogens is 1. The average Bonchev–Trinajstić information content (AvgIpc) is 3.02. The summed E-state index contributed by atoms with van der Waals surface area (Å²) in [5.74, 6) is 0. The van der Waals surface area contributed by atoms with Gasteiger partial charge >= 0.3 is 6.03 Å². The molecule has 0 aromatic heterocycles. The minimum absolute atomic E-state index is 0.128. The molecule has 130 valence electrons. The fraction of sp³-hybridized carbons (Fsp3) is 0.222. The van der Waals surface area contributed by atoms with Gasteiger partial charge in [0.15, 0.2) is 0 Å². The van der Waals surface area contributed by atoms with Crippen molar-refractivity contribution < 1.29 is 9.53 Å². The minimum Gasteiger partial charge on any atom is -0.463 e. The predicted molar refractivity (Wildman–Crippen MR) is 100 cm³/mol. The molecule has 6 nitrogen and oxygen atoms in total. The summed E-state index contributed by atoms with van der Waals surface area (Å²) in [5.41, 5.74) is 8.07. The molecule has 1 unspecified atom stereocenters. The molecule has 25 heavy (non-hydrogen) atoms. The number of benzene rings is 2. The molecular weight excluding hydrogens is 340 g/mol. The first kappa shape index (κ1) is 17.1. The van der Waals surface area contributed by atoms with Crippen molar-refractivity contribution in [3.05, 3.63) is 59.1 Å². The smallest absolute Gasteiger partial charge is 0.323 e. The number of anilines is 2. The van der Waals surface area contributed by atoms with Crippen molar-refractivity contribution in [2.24, 2.45) is 10.7 Å². The fourth-order valence-corrected chi connectivity index (χ4v) is 2.62. The molecule has 2 aromatic carbocycles. The standard InChI is InChI=1S/C18H19ClN4O2/c19-13-4-9-15(10-5-13)23-18(24)22-14-6-1-12(2-7-14)3-8-16-11-25-17(20)21-16/h1-2,4-7,9-10,16H,3,8,11H2,(H2,20,21)(H2,22,23,24). The number of amides is 2. The Labute approximate surface area is 151 Å². The second-order valence-electron chi connectivity index (χ2n) is 5.75. The highest BCUT2D eigenvalue weighted by Crippen LogP contribution is 2.16. The largest absolute Gasteiger partial charge is 0.463 e. The molecule has 1 heterocycles. The summed E-state index contributed by atoms with van der Waals surface area (Å²) in [4.78, 5) is 16.2. The summed E-state index contributed by atoms with van der Waals surface area (Å²) in [6, 6.07) is 14.8. The van der Waals surface area contributed by atoms with E-state index in [1.54, 1.807) is 24.3 Å². The third kappa shape index (κ3) is 5.12. The van der Waals surface area contributed by atoms with Crippen molar-refractivity contribution in [1.29, 1.82) is 0 Å². The number of nitrogens with one attached hydrogen (secondary N) is 2. The van der Waals surface area contributed by atoms with Crippen molar-refractivity contribution in [1.82, 2.24) is 0 Å². The zero-order valence-corrected chi connectivity index (χ0v) is 14.3. The molecule has 2 aromatic rings. The highest BCUT2D eigenvalue weighted by Gasteiger charge is 2.16. The Bertz CT molecular complexity index is 760. The van der Waals surface area contributed by atoms with E-state index in [0.717, 1.165) is 18.5 Å². The highest BCUT2D eigenvalue weighted by molar-refractivity contribution is 6.30. The van der Waals surface area contributed by atoms with Crippen LogP contribution in [-0.2, 0) is 11.2 Å². The van der Waals surface area contributed by atoms with E-state index in [0.29, 0.717) is 17.3 Å². The van der Waals surface area contributed by atoms with Gasteiger partial charge in [0.25, 0.3) is 6.02 Å². The van der Waals surface area contributed by atoms with Crippen LogP contribution < -0.4 is 16.4 Å². The molecule has 3 rings (SSSR count). The number of urea groups is 1. The second-order valence-corrected chi connectivity index (χ2v) is 6.19. The summed E-state index contributed by atoms with van der Waals surface area (Å²) >= 11 is 5.82. The summed E-state index contributed by atoms with van der Waals surface area (Å²) in [7, 11) is 0. The Balaban J connectivity index is 1.48. The van der Waals surface area contributed by atoms with Gasteiger partial charge in [-0.15, -0.1) is 0 Å². The van der Waals surface area contributed by atoms with Gasteiger partial charge in [-0.05, 0) is 54.8 Å². The topological polar surface area (TPSA) is 88.7 Å². The summed E-state index contributed by atoms with van der Waals surface area (Å²) in [6.45, 7) is 0.552. The van der Waals surface area contributed by atoms with Gasteiger partial charge in [0, 0.05) is 16.4 Å². The predicted octanol–water partition coefficient (Wildman–Crippen LogP) is 3.63. The lowest BCUT2D eigenvalue weighted by Gasteiger charge is -2.09. The molecular formula is C18H19ClN4O2. The first-order chi connectivity index (χ1) is 12.1.